The van der Waals surface area contributed by atoms with Crippen LogP contribution in [0.3, 0.4) is 0 Å². The van der Waals surface area contributed by atoms with Gasteiger partial charge in [0.1, 0.15) is 0 Å². The average Bonchev–Trinajstić information content (AvgIpc) is 2.61. The molecular weight excluding hydrogens is 222 g/mol. The number of carbonyl (C=O) groups excluding carboxylic acids is 1. The first-order valence-electron chi connectivity index (χ1n) is 4.35. The zero-order valence-electron chi connectivity index (χ0n) is 7.44. The van der Waals surface area contributed by atoms with E-state index >= 15 is 0 Å². The molecule has 1 aromatic heterocycles. The molecule has 1 saturated heterocycles. The summed E-state index contributed by atoms with van der Waals surface area (Å²) in [7, 11) is 0. The Morgan fingerprint density at radius 3 is 2.93 bits per heavy atom. The largest absolute Gasteiger partial charge is 0.391 e. The summed E-state index contributed by atoms with van der Waals surface area (Å²) >= 11 is 7.24. The van der Waals surface area contributed by atoms with E-state index < -0.39 is 6.10 Å². The molecule has 2 rings (SSSR count). The molecule has 1 fully saturated rings. The van der Waals surface area contributed by atoms with E-state index in [0.29, 0.717) is 13.1 Å². The highest BCUT2D eigenvalue weighted by Gasteiger charge is 2.27. The molecule has 1 N–H and O–H groups in total. The van der Waals surface area contributed by atoms with Gasteiger partial charge in [0, 0.05) is 11.4 Å². The van der Waals surface area contributed by atoms with E-state index in [9.17, 15) is 9.90 Å². The molecule has 1 aromatic rings. The number of likely N-dealkylation sites (tertiary alicyclic amines) is 1. The highest BCUT2D eigenvalue weighted by Crippen LogP contribution is 2.24. The molecule has 0 aliphatic carbocycles. The SMILES string of the molecule is O=C1CC(O)CN1Cc1ccc(Cl)s1. The van der Waals surface area contributed by atoms with Gasteiger partial charge in [-0.15, -0.1) is 11.3 Å². The molecule has 14 heavy (non-hydrogen) atoms. The number of thiophene rings is 1. The number of β-amino-alcohol motifs (C(OH)–C–C–N with tert-alkyl or cyclic N) is 1. The van der Waals surface area contributed by atoms with Crippen molar-refractivity contribution in [2.24, 2.45) is 0 Å². The van der Waals surface area contributed by atoms with Crippen LogP contribution in [0.2, 0.25) is 4.34 Å². The molecule has 1 atom stereocenters. The van der Waals surface area contributed by atoms with Gasteiger partial charge in [-0.1, -0.05) is 11.6 Å². The molecule has 0 aromatic carbocycles. The third-order valence-electron chi connectivity index (χ3n) is 2.17. The number of nitrogens with zero attached hydrogens (tertiary/aromatic N) is 1. The Morgan fingerprint density at radius 1 is 1.64 bits per heavy atom. The molecule has 3 nitrogen and oxygen atoms in total. The fourth-order valence-corrected chi connectivity index (χ4v) is 2.63. The van der Waals surface area contributed by atoms with E-state index in [1.54, 1.807) is 4.90 Å². The van der Waals surface area contributed by atoms with Gasteiger partial charge in [0.2, 0.25) is 5.91 Å². The van der Waals surface area contributed by atoms with E-state index in [-0.39, 0.29) is 12.3 Å². The van der Waals surface area contributed by atoms with Crippen molar-refractivity contribution >= 4 is 28.8 Å². The smallest absolute Gasteiger partial charge is 0.225 e. The second kappa shape index (κ2) is 3.88. The van der Waals surface area contributed by atoms with Gasteiger partial charge in [0.25, 0.3) is 0 Å². The summed E-state index contributed by atoms with van der Waals surface area (Å²) in [6.07, 6.45) is -0.253. The summed E-state index contributed by atoms with van der Waals surface area (Å²) < 4.78 is 0.729. The van der Waals surface area contributed by atoms with Crippen LogP contribution >= 0.6 is 22.9 Å². The second-order valence-corrected chi connectivity index (χ2v) is 5.14. The van der Waals surface area contributed by atoms with Crippen LogP contribution in [0.4, 0.5) is 0 Å². The summed E-state index contributed by atoms with van der Waals surface area (Å²) in [5.74, 6) is 0.0158. The lowest BCUT2D eigenvalue weighted by molar-refractivity contribution is -0.128. The van der Waals surface area contributed by atoms with Crippen molar-refractivity contribution in [3.63, 3.8) is 0 Å². The van der Waals surface area contributed by atoms with Gasteiger partial charge in [-0.05, 0) is 12.1 Å². The Bertz CT molecular complexity index is 352. The Balaban J connectivity index is 2.01. The van der Waals surface area contributed by atoms with Crippen LogP contribution in [0, 0.1) is 0 Å². The van der Waals surface area contributed by atoms with Crippen molar-refractivity contribution in [2.75, 3.05) is 6.54 Å². The minimum Gasteiger partial charge on any atom is -0.391 e. The van der Waals surface area contributed by atoms with Crippen molar-refractivity contribution in [3.8, 4) is 0 Å². The normalized spacial score (nSPS) is 22.0. The van der Waals surface area contributed by atoms with Gasteiger partial charge in [0.05, 0.1) is 23.4 Å². The predicted octanol–water partition coefficient (Wildman–Crippen LogP) is 1.49. The Hall–Kier alpha value is -0.580. The zero-order chi connectivity index (χ0) is 10.1. The average molecular weight is 232 g/mol. The fourth-order valence-electron chi connectivity index (χ4n) is 1.53. The predicted molar refractivity (Wildman–Crippen MR) is 55.4 cm³/mol. The van der Waals surface area contributed by atoms with Gasteiger partial charge >= 0.3 is 0 Å². The number of amides is 1. The molecule has 1 amide bonds. The molecule has 2 heterocycles. The Kier molecular flexibility index (Phi) is 2.76. The summed E-state index contributed by atoms with van der Waals surface area (Å²) in [5, 5.41) is 9.27. The molecule has 0 saturated carbocycles. The summed E-state index contributed by atoms with van der Waals surface area (Å²) in [4.78, 5) is 14.0. The van der Waals surface area contributed by atoms with Crippen LogP contribution in [-0.2, 0) is 11.3 Å². The summed E-state index contributed by atoms with van der Waals surface area (Å²) in [6, 6.07) is 3.73. The molecule has 76 valence electrons. The maximum absolute atomic E-state index is 11.3. The van der Waals surface area contributed by atoms with E-state index in [1.165, 1.54) is 11.3 Å². The Labute approximate surface area is 90.9 Å². The van der Waals surface area contributed by atoms with E-state index in [1.807, 2.05) is 12.1 Å². The molecule has 0 radical (unpaired) electrons. The van der Waals surface area contributed by atoms with Gasteiger partial charge in [0.15, 0.2) is 0 Å². The molecule has 5 heteroatoms. The molecule has 1 aliphatic rings. The first kappa shape index (κ1) is 9.96. The minimum atomic E-state index is -0.502. The fraction of sp³-hybridized carbons (Fsp3) is 0.444. The number of hydrogen-bond donors (Lipinski definition) is 1. The lowest BCUT2D eigenvalue weighted by Crippen LogP contribution is -2.24. The van der Waals surface area contributed by atoms with Crippen LogP contribution in [-0.4, -0.2) is 28.6 Å². The van der Waals surface area contributed by atoms with Gasteiger partial charge in [-0.3, -0.25) is 4.79 Å². The number of aliphatic hydroxyl groups is 1. The van der Waals surface area contributed by atoms with Crippen molar-refractivity contribution in [2.45, 2.75) is 19.1 Å². The lowest BCUT2D eigenvalue weighted by Gasteiger charge is -2.13. The molecule has 1 unspecified atom stereocenters. The summed E-state index contributed by atoms with van der Waals surface area (Å²) in [6.45, 7) is 1.00. The topological polar surface area (TPSA) is 40.5 Å². The quantitative estimate of drug-likeness (QED) is 0.838. The molecular formula is C9H10ClNO2S. The maximum atomic E-state index is 11.3. The minimum absolute atomic E-state index is 0.0158. The van der Waals surface area contributed by atoms with Crippen molar-refractivity contribution in [1.82, 2.24) is 4.90 Å². The first-order chi connectivity index (χ1) is 6.65. The molecule has 1 aliphatic heterocycles. The van der Waals surface area contributed by atoms with Crippen LogP contribution in [0.1, 0.15) is 11.3 Å². The lowest BCUT2D eigenvalue weighted by atomic mass is 10.3. The van der Waals surface area contributed by atoms with E-state index in [2.05, 4.69) is 0 Å². The summed E-state index contributed by atoms with van der Waals surface area (Å²) in [5.41, 5.74) is 0. The zero-order valence-corrected chi connectivity index (χ0v) is 9.01. The molecule has 0 bridgehead atoms. The first-order valence-corrected chi connectivity index (χ1v) is 5.54. The standard InChI is InChI=1S/C9H10ClNO2S/c10-8-2-1-7(14-8)5-11-4-6(12)3-9(11)13/h1-2,6,12H,3-5H2. The monoisotopic (exact) mass is 231 g/mol. The van der Waals surface area contributed by atoms with Crippen LogP contribution in [0.5, 0.6) is 0 Å². The van der Waals surface area contributed by atoms with E-state index in [4.69, 9.17) is 11.6 Å². The highest BCUT2D eigenvalue weighted by atomic mass is 35.5. The number of rotatable bonds is 2. The van der Waals surface area contributed by atoms with Crippen LogP contribution in [0.25, 0.3) is 0 Å². The highest BCUT2D eigenvalue weighted by molar-refractivity contribution is 7.16. The number of carbonyl (C=O) groups is 1. The van der Waals surface area contributed by atoms with Gasteiger partial charge in [-0.25, -0.2) is 0 Å². The molecule has 0 spiro atoms. The third kappa shape index (κ3) is 2.08. The number of aliphatic hydroxyl groups excluding tert-OH is 1. The Morgan fingerprint density at radius 2 is 2.43 bits per heavy atom. The van der Waals surface area contributed by atoms with Gasteiger partial charge in [-0.2, -0.15) is 0 Å². The van der Waals surface area contributed by atoms with Crippen molar-refractivity contribution < 1.29 is 9.90 Å². The van der Waals surface area contributed by atoms with Crippen molar-refractivity contribution in [1.29, 1.82) is 0 Å². The number of hydrogen-bond acceptors (Lipinski definition) is 3. The number of halogens is 1. The maximum Gasteiger partial charge on any atom is 0.225 e. The second-order valence-electron chi connectivity index (χ2n) is 3.34. The van der Waals surface area contributed by atoms with Crippen LogP contribution < -0.4 is 0 Å². The van der Waals surface area contributed by atoms with Crippen molar-refractivity contribution in [3.05, 3.63) is 21.3 Å². The third-order valence-corrected chi connectivity index (χ3v) is 3.39. The van der Waals surface area contributed by atoms with E-state index in [0.717, 1.165) is 9.21 Å². The van der Waals surface area contributed by atoms with Crippen LogP contribution in [0.15, 0.2) is 12.1 Å². The van der Waals surface area contributed by atoms with Gasteiger partial charge < -0.3 is 10.0 Å².